The Kier molecular flexibility index (Phi) is 7.59. The van der Waals surface area contributed by atoms with Gasteiger partial charge in [0.25, 0.3) is 5.91 Å². The van der Waals surface area contributed by atoms with Crippen molar-refractivity contribution in [1.82, 2.24) is 21.1 Å². The lowest BCUT2D eigenvalue weighted by Crippen LogP contribution is -2.52. The molecular formula is C20H30N4O2S. The van der Waals surface area contributed by atoms with E-state index >= 15 is 0 Å². The zero-order chi connectivity index (χ0) is 19.9. The first-order valence-corrected chi connectivity index (χ1v) is 10.2. The zero-order valence-electron chi connectivity index (χ0n) is 16.4. The molecule has 7 heteroatoms. The number of hydrogen-bond acceptors (Lipinski definition) is 3. The predicted octanol–water partition coefficient (Wildman–Crippen LogP) is 3.44. The molecule has 3 N–H and O–H groups in total. The van der Waals surface area contributed by atoms with E-state index in [4.69, 9.17) is 12.2 Å². The van der Waals surface area contributed by atoms with E-state index in [-0.39, 0.29) is 11.0 Å². The van der Waals surface area contributed by atoms with Gasteiger partial charge in [0.2, 0.25) is 0 Å². The second-order valence-electron chi connectivity index (χ2n) is 6.93. The molecule has 0 saturated carbocycles. The molecule has 0 bridgehead atoms. The van der Waals surface area contributed by atoms with Crippen LogP contribution in [0.3, 0.4) is 0 Å². The van der Waals surface area contributed by atoms with Crippen molar-refractivity contribution < 1.29 is 9.59 Å². The summed E-state index contributed by atoms with van der Waals surface area (Å²) in [4.78, 5) is 25.5. The summed E-state index contributed by atoms with van der Waals surface area (Å²) in [5.41, 5.74) is 2.47. The van der Waals surface area contributed by atoms with Gasteiger partial charge in [-0.25, -0.2) is 4.79 Å². The number of carbonyl (C=O) groups excluding carboxylic acids is 2. The minimum atomic E-state index is -1.06. The van der Waals surface area contributed by atoms with Crippen molar-refractivity contribution in [3.05, 3.63) is 35.9 Å². The largest absolute Gasteiger partial charge is 0.361 e. The highest BCUT2D eigenvalue weighted by Crippen LogP contribution is 2.31. The van der Waals surface area contributed by atoms with Gasteiger partial charge in [-0.1, -0.05) is 70.4 Å². The van der Waals surface area contributed by atoms with Crippen LogP contribution in [0.1, 0.15) is 58.4 Å². The Morgan fingerprint density at radius 2 is 1.93 bits per heavy atom. The van der Waals surface area contributed by atoms with E-state index in [1.807, 2.05) is 37.3 Å². The van der Waals surface area contributed by atoms with Crippen LogP contribution in [-0.4, -0.2) is 28.6 Å². The molecule has 1 heterocycles. The van der Waals surface area contributed by atoms with Crippen molar-refractivity contribution in [2.45, 2.75) is 58.4 Å². The van der Waals surface area contributed by atoms with Crippen molar-refractivity contribution in [1.29, 1.82) is 0 Å². The summed E-state index contributed by atoms with van der Waals surface area (Å²) in [6.07, 6.45) is 5.00. The van der Waals surface area contributed by atoms with E-state index in [2.05, 4.69) is 29.9 Å². The SMILES string of the molecule is CCCC[C@@H](CC)CNC(=S)NN1C(=O)N[C@](CC)(c2ccccc2)C1=O. The molecule has 1 aromatic carbocycles. The van der Waals surface area contributed by atoms with E-state index in [0.717, 1.165) is 30.0 Å². The van der Waals surface area contributed by atoms with Crippen molar-refractivity contribution in [2.75, 3.05) is 6.54 Å². The number of thiocarbonyl (C=S) groups is 1. The standard InChI is InChI=1S/C20H30N4O2S/c1-4-7-11-15(5-2)14-21-18(27)23-24-17(25)20(6-3,22-19(24)26)16-12-9-8-10-13-16/h8-10,12-13,15H,4-7,11,14H2,1-3H3,(H,22,26)(H2,21,23,27)/t15-,20-/m1/s1. The number of amides is 3. The molecule has 1 saturated heterocycles. The number of nitrogens with one attached hydrogen (secondary N) is 3. The highest BCUT2D eigenvalue weighted by Gasteiger charge is 2.51. The van der Waals surface area contributed by atoms with Crippen LogP contribution in [0.4, 0.5) is 4.79 Å². The van der Waals surface area contributed by atoms with Gasteiger partial charge in [0.05, 0.1) is 0 Å². The topological polar surface area (TPSA) is 73.5 Å². The lowest BCUT2D eigenvalue weighted by molar-refractivity contribution is -0.133. The Morgan fingerprint density at radius 3 is 2.52 bits per heavy atom. The Bertz CT molecular complexity index is 667. The second kappa shape index (κ2) is 9.69. The number of benzene rings is 1. The Hall–Kier alpha value is -2.15. The maximum atomic E-state index is 13.0. The second-order valence-corrected chi connectivity index (χ2v) is 7.34. The van der Waals surface area contributed by atoms with Crippen LogP contribution in [-0.2, 0) is 10.3 Å². The summed E-state index contributed by atoms with van der Waals surface area (Å²) in [6, 6.07) is 8.80. The van der Waals surface area contributed by atoms with Gasteiger partial charge in [-0.15, -0.1) is 0 Å². The molecule has 2 rings (SSSR count). The third-order valence-corrected chi connectivity index (χ3v) is 5.43. The number of nitrogens with zero attached hydrogens (tertiary/aromatic N) is 1. The fourth-order valence-corrected chi connectivity index (χ4v) is 3.53. The number of carbonyl (C=O) groups is 2. The summed E-state index contributed by atoms with van der Waals surface area (Å²) in [6.45, 7) is 6.94. The van der Waals surface area contributed by atoms with Crippen LogP contribution in [0.15, 0.2) is 30.3 Å². The summed E-state index contributed by atoms with van der Waals surface area (Å²) in [7, 11) is 0. The predicted molar refractivity (Wildman–Crippen MR) is 111 cm³/mol. The lowest BCUT2D eigenvalue weighted by atomic mass is 9.87. The van der Waals surface area contributed by atoms with Crippen LogP contribution >= 0.6 is 12.2 Å². The molecule has 27 heavy (non-hydrogen) atoms. The van der Waals surface area contributed by atoms with Crippen molar-refractivity contribution in [3.8, 4) is 0 Å². The van der Waals surface area contributed by atoms with Crippen LogP contribution < -0.4 is 16.1 Å². The molecule has 0 spiro atoms. The summed E-state index contributed by atoms with van der Waals surface area (Å²) in [5, 5.41) is 7.24. The first-order chi connectivity index (χ1) is 13.0. The molecule has 1 aliphatic heterocycles. The number of unbranched alkanes of at least 4 members (excludes halogenated alkanes) is 1. The van der Waals surface area contributed by atoms with Crippen LogP contribution in [0.5, 0.6) is 0 Å². The van der Waals surface area contributed by atoms with Gasteiger partial charge in [0.1, 0.15) is 5.54 Å². The van der Waals surface area contributed by atoms with E-state index in [9.17, 15) is 9.59 Å². The molecule has 2 atom stereocenters. The fourth-order valence-electron chi connectivity index (χ4n) is 3.36. The summed E-state index contributed by atoms with van der Waals surface area (Å²) < 4.78 is 0. The van der Waals surface area contributed by atoms with Gasteiger partial charge in [0.15, 0.2) is 5.11 Å². The smallest absolute Gasteiger partial charge is 0.344 e. The maximum absolute atomic E-state index is 13.0. The first-order valence-electron chi connectivity index (χ1n) is 9.75. The lowest BCUT2D eigenvalue weighted by Gasteiger charge is -2.26. The van der Waals surface area contributed by atoms with Gasteiger partial charge >= 0.3 is 6.03 Å². The number of hydrogen-bond donors (Lipinski definition) is 3. The first kappa shape index (κ1) is 21.2. The Labute approximate surface area is 167 Å². The van der Waals surface area contributed by atoms with Crippen LogP contribution in [0, 0.1) is 5.92 Å². The molecule has 148 valence electrons. The molecular weight excluding hydrogens is 360 g/mol. The van der Waals surface area contributed by atoms with Crippen molar-refractivity contribution in [3.63, 3.8) is 0 Å². The van der Waals surface area contributed by atoms with Crippen molar-refractivity contribution >= 4 is 29.3 Å². The van der Waals surface area contributed by atoms with Gasteiger partial charge in [-0.2, -0.15) is 5.01 Å². The maximum Gasteiger partial charge on any atom is 0.344 e. The number of imide groups is 1. The molecule has 0 unspecified atom stereocenters. The Morgan fingerprint density at radius 1 is 1.22 bits per heavy atom. The molecule has 3 amide bonds. The summed E-state index contributed by atoms with van der Waals surface area (Å²) >= 11 is 5.31. The third-order valence-electron chi connectivity index (χ3n) is 5.20. The van der Waals surface area contributed by atoms with Crippen LogP contribution in [0.25, 0.3) is 0 Å². The zero-order valence-corrected chi connectivity index (χ0v) is 17.2. The van der Waals surface area contributed by atoms with Gasteiger partial charge in [-0.3, -0.25) is 10.2 Å². The number of urea groups is 1. The highest BCUT2D eigenvalue weighted by atomic mass is 32.1. The van der Waals surface area contributed by atoms with E-state index < -0.39 is 11.6 Å². The molecule has 6 nitrogen and oxygen atoms in total. The van der Waals surface area contributed by atoms with Crippen molar-refractivity contribution in [2.24, 2.45) is 5.92 Å². The normalized spacial score (nSPS) is 20.3. The monoisotopic (exact) mass is 390 g/mol. The minimum Gasteiger partial charge on any atom is -0.361 e. The fraction of sp³-hybridized carbons (Fsp3) is 0.550. The average molecular weight is 391 g/mol. The number of rotatable bonds is 9. The molecule has 0 aliphatic carbocycles. The van der Waals surface area contributed by atoms with E-state index in [0.29, 0.717) is 12.3 Å². The number of hydrazine groups is 1. The average Bonchev–Trinajstić information content (AvgIpc) is 2.94. The molecule has 1 aliphatic rings. The quantitative estimate of drug-likeness (QED) is 0.445. The third kappa shape index (κ3) is 4.77. The summed E-state index contributed by atoms with van der Waals surface area (Å²) in [5.74, 6) is 0.176. The highest BCUT2D eigenvalue weighted by molar-refractivity contribution is 7.80. The van der Waals surface area contributed by atoms with E-state index in [1.165, 1.54) is 12.8 Å². The molecule has 1 aromatic rings. The minimum absolute atomic E-state index is 0.286. The van der Waals surface area contributed by atoms with E-state index in [1.54, 1.807) is 0 Å². The van der Waals surface area contributed by atoms with Gasteiger partial charge < -0.3 is 10.6 Å². The molecule has 0 aromatic heterocycles. The van der Waals surface area contributed by atoms with Gasteiger partial charge in [-0.05, 0) is 36.5 Å². The Balaban J connectivity index is 2.01. The van der Waals surface area contributed by atoms with Gasteiger partial charge in [0, 0.05) is 6.54 Å². The molecule has 0 radical (unpaired) electrons. The van der Waals surface area contributed by atoms with Crippen LogP contribution in [0.2, 0.25) is 0 Å². The molecule has 1 fully saturated rings.